The van der Waals surface area contributed by atoms with Crippen molar-refractivity contribution < 1.29 is 4.79 Å². The smallest absolute Gasteiger partial charge is 0.262 e. The molecule has 2 aliphatic rings. The molecular weight excluding hydrogens is 180 g/mol. The standard InChI is InChI=1S/C9H16N4O/c10-8-7(11-12-9(8)14)3-6-13-4-1-2-5-13/h8H,1-6,10H2,(H,12,14). The van der Waals surface area contributed by atoms with Crippen LogP contribution in [0.15, 0.2) is 5.10 Å². The Morgan fingerprint density at radius 2 is 2.21 bits per heavy atom. The molecule has 1 saturated heterocycles. The number of nitrogens with zero attached hydrogens (tertiary/aromatic N) is 2. The van der Waals surface area contributed by atoms with Crippen LogP contribution < -0.4 is 11.2 Å². The normalized spacial score (nSPS) is 27.9. The van der Waals surface area contributed by atoms with E-state index in [4.69, 9.17) is 5.73 Å². The molecule has 1 unspecified atom stereocenters. The fraction of sp³-hybridized carbons (Fsp3) is 0.778. The molecule has 1 amide bonds. The second-order valence-electron chi connectivity index (χ2n) is 3.86. The van der Waals surface area contributed by atoms with Gasteiger partial charge in [0.2, 0.25) is 0 Å². The topological polar surface area (TPSA) is 70.7 Å². The second kappa shape index (κ2) is 4.06. The fourth-order valence-electron chi connectivity index (χ4n) is 1.91. The third kappa shape index (κ3) is 1.93. The monoisotopic (exact) mass is 196 g/mol. The summed E-state index contributed by atoms with van der Waals surface area (Å²) in [5.74, 6) is -0.179. The van der Waals surface area contributed by atoms with Crippen molar-refractivity contribution in [2.75, 3.05) is 19.6 Å². The van der Waals surface area contributed by atoms with Crippen LogP contribution in [-0.4, -0.2) is 42.2 Å². The number of likely N-dealkylation sites (tertiary alicyclic amines) is 1. The number of carbonyl (C=O) groups excluding carboxylic acids is 1. The summed E-state index contributed by atoms with van der Waals surface area (Å²) in [4.78, 5) is 13.4. The third-order valence-corrected chi connectivity index (χ3v) is 2.83. The lowest BCUT2D eigenvalue weighted by Gasteiger charge is -2.14. The van der Waals surface area contributed by atoms with E-state index >= 15 is 0 Å². The predicted octanol–water partition coefficient (Wildman–Crippen LogP) is -0.715. The van der Waals surface area contributed by atoms with Gasteiger partial charge in [-0.05, 0) is 25.9 Å². The highest BCUT2D eigenvalue weighted by molar-refractivity contribution is 6.11. The van der Waals surface area contributed by atoms with E-state index in [9.17, 15) is 4.79 Å². The van der Waals surface area contributed by atoms with Gasteiger partial charge >= 0.3 is 0 Å². The van der Waals surface area contributed by atoms with E-state index in [-0.39, 0.29) is 5.91 Å². The van der Waals surface area contributed by atoms with Gasteiger partial charge in [0.05, 0.1) is 5.71 Å². The van der Waals surface area contributed by atoms with Crippen molar-refractivity contribution in [2.24, 2.45) is 10.8 Å². The summed E-state index contributed by atoms with van der Waals surface area (Å²) in [6, 6.07) is -0.516. The van der Waals surface area contributed by atoms with Gasteiger partial charge in [0, 0.05) is 13.0 Å². The summed E-state index contributed by atoms with van der Waals surface area (Å²) >= 11 is 0. The van der Waals surface area contributed by atoms with E-state index in [1.165, 1.54) is 25.9 Å². The fourth-order valence-corrected chi connectivity index (χ4v) is 1.91. The van der Waals surface area contributed by atoms with Gasteiger partial charge in [0.15, 0.2) is 0 Å². The van der Waals surface area contributed by atoms with E-state index < -0.39 is 6.04 Å². The Morgan fingerprint density at radius 1 is 1.50 bits per heavy atom. The minimum Gasteiger partial charge on any atom is -0.315 e. The molecule has 0 spiro atoms. The van der Waals surface area contributed by atoms with E-state index in [1.54, 1.807) is 0 Å². The number of hydrogen-bond acceptors (Lipinski definition) is 4. The minimum absolute atomic E-state index is 0.179. The van der Waals surface area contributed by atoms with Gasteiger partial charge in [-0.15, -0.1) is 0 Å². The maximum Gasteiger partial charge on any atom is 0.262 e. The molecule has 78 valence electrons. The van der Waals surface area contributed by atoms with Crippen LogP contribution in [0.1, 0.15) is 19.3 Å². The third-order valence-electron chi connectivity index (χ3n) is 2.83. The first kappa shape index (κ1) is 9.61. The lowest BCUT2D eigenvalue weighted by Crippen LogP contribution is -2.38. The number of rotatable bonds is 3. The highest BCUT2D eigenvalue weighted by Crippen LogP contribution is 2.09. The van der Waals surface area contributed by atoms with Crippen molar-refractivity contribution >= 4 is 11.6 Å². The maximum absolute atomic E-state index is 11.0. The van der Waals surface area contributed by atoms with E-state index in [2.05, 4.69) is 15.4 Å². The Morgan fingerprint density at radius 3 is 2.79 bits per heavy atom. The van der Waals surface area contributed by atoms with Gasteiger partial charge < -0.3 is 10.6 Å². The minimum atomic E-state index is -0.516. The quantitative estimate of drug-likeness (QED) is 0.626. The molecule has 0 aliphatic carbocycles. The van der Waals surface area contributed by atoms with Crippen molar-refractivity contribution in [1.29, 1.82) is 0 Å². The van der Waals surface area contributed by atoms with Gasteiger partial charge in [0.1, 0.15) is 6.04 Å². The Kier molecular flexibility index (Phi) is 2.79. The maximum atomic E-state index is 11.0. The number of carbonyl (C=O) groups is 1. The molecule has 3 N–H and O–H groups in total. The van der Waals surface area contributed by atoms with Gasteiger partial charge in [-0.3, -0.25) is 4.79 Å². The van der Waals surface area contributed by atoms with E-state index in [0.29, 0.717) is 0 Å². The summed E-state index contributed by atoms with van der Waals surface area (Å²) < 4.78 is 0. The van der Waals surface area contributed by atoms with Crippen LogP contribution >= 0.6 is 0 Å². The van der Waals surface area contributed by atoms with Crippen LogP contribution in [0.4, 0.5) is 0 Å². The second-order valence-corrected chi connectivity index (χ2v) is 3.86. The summed E-state index contributed by atoms with van der Waals surface area (Å²) in [6.45, 7) is 3.31. The van der Waals surface area contributed by atoms with Crippen molar-refractivity contribution in [3.05, 3.63) is 0 Å². The van der Waals surface area contributed by atoms with Crippen molar-refractivity contribution in [1.82, 2.24) is 10.3 Å². The average Bonchev–Trinajstić information content (AvgIpc) is 2.77. The first-order valence-corrected chi connectivity index (χ1v) is 5.11. The molecule has 0 aromatic rings. The first-order valence-electron chi connectivity index (χ1n) is 5.11. The molecule has 14 heavy (non-hydrogen) atoms. The van der Waals surface area contributed by atoms with Crippen molar-refractivity contribution in [2.45, 2.75) is 25.3 Å². The molecule has 1 atom stereocenters. The van der Waals surface area contributed by atoms with Gasteiger partial charge in [-0.25, -0.2) is 5.43 Å². The summed E-state index contributed by atoms with van der Waals surface area (Å²) in [6.07, 6.45) is 3.38. The largest absolute Gasteiger partial charge is 0.315 e. The summed E-state index contributed by atoms with van der Waals surface area (Å²) in [5.41, 5.74) is 8.84. The molecule has 5 heteroatoms. The molecule has 2 rings (SSSR count). The molecular formula is C9H16N4O. The molecule has 5 nitrogen and oxygen atoms in total. The molecule has 0 bridgehead atoms. The van der Waals surface area contributed by atoms with E-state index in [0.717, 1.165) is 18.7 Å². The van der Waals surface area contributed by atoms with Crippen molar-refractivity contribution in [3.8, 4) is 0 Å². The van der Waals surface area contributed by atoms with Crippen LogP contribution in [0.25, 0.3) is 0 Å². The van der Waals surface area contributed by atoms with Gasteiger partial charge in [-0.1, -0.05) is 0 Å². The highest BCUT2D eigenvalue weighted by atomic mass is 16.2. The molecule has 0 saturated carbocycles. The zero-order valence-corrected chi connectivity index (χ0v) is 8.20. The first-order chi connectivity index (χ1) is 6.77. The zero-order valence-electron chi connectivity index (χ0n) is 8.20. The van der Waals surface area contributed by atoms with Crippen LogP contribution in [0, 0.1) is 0 Å². The van der Waals surface area contributed by atoms with Gasteiger partial charge in [0.25, 0.3) is 5.91 Å². The van der Waals surface area contributed by atoms with Crippen molar-refractivity contribution in [3.63, 3.8) is 0 Å². The number of nitrogens with two attached hydrogens (primary N) is 1. The van der Waals surface area contributed by atoms with Crippen LogP contribution in [0.2, 0.25) is 0 Å². The number of hydrazone groups is 1. The number of amides is 1. The van der Waals surface area contributed by atoms with Crippen LogP contribution in [0.5, 0.6) is 0 Å². The predicted molar refractivity (Wildman–Crippen MR) is 53.8 cm³/mol. The molecule has 0 aromatic heterocycles. The van der Waals surface area contributed by atoms with Crippen LogP contribution in [-0.2, 0) is 4.79 Å². The Hall–Kier alpha value is -0.940. The SMILES string of the molecule is NC1C(=O)NN=C1CCN1CCCC1. The van der Waals surface area contributed by atoms with E-state index in [1.807, 2.05) is 0 Å². The Balaban J connectivity index is 1.77. The lowest BCUT2D eigenvalue weighted by atomic mass is 10.1. The molecule has 0 radical (unpaired) electrons. The molecule has 0 aromatic carbocycles. The molecule has 2 heterocycles. The van der Waals surface area contributed by atoms with Crippen LogP contribution in [0.3, 0.4) is 0 Å². The average molecular weight is 196 g/mol. The number of nitrogens with one attached hydrogen (secondary N) is 1. The van der Waals surface area contributed by atoms with Gasteiger partial charge in [-0.2, -0.15) is 5.10 Å². The Labute approximate surface area is 83.3 Å². The highest BCUT2D eigenvalue weighted by Gasteiger charge is 2.26. The molecule has 2 aliphatic heterocycles. The lowest BCUT2D eigenvalue weighted by molar-refractivity contribution is -0.120. The molecule has 1 fully saturated rings. The summed E-state index contributed by atoms with van der Waals surface area (Å²) in [7, 11) is 0. The summed E-state index contributed by atoms with van der Waals surface area (Å²) in [5, 5.41) is 3.92. The Bertz CT molecular complexity index is 258. The number of hydrogen-bond donors (Lipinski definition) is 2. The zero-order chi connectivity index (χ0) is 9.97.